The van der Waals surface area contributed by atoms with Gasteiger partial charge in [-0.25, -0.2) is 8.78 Å². The van der Waals surface area contributed by atoms with Crippen LogP contribution < -0.4 is 0 Å². The molecule has 0 saturated carbocycles. The molecule has 106 valence electrons. The summed E-state index contributed by atoms with van der Waals surface area (Å²) in [6.07, 6.45) is 0. The van der Waals surface area contributed by atoms with Crippen molar-refractivity contribution in [2.45, 2.75) is 5.92 Å². The van der Waals surface area contributed by atoms with Gasteiger partial charge in [0.15, 0.2) is 5.78 Å². The first kappa shape index (κ1) is 15.8. The highest BCUT2D eigenvalue weighted by atomic mass is 79.9. The molecular weight excluding hydrogens is 408 g/mol. The van der Waals surface area contributed by atoms with E-state index in [9.17, 15) is 18.8 Å². The number of nitrogens with zero attached hydrogens (tertiary/aromatic N) is 1. The molecule has 0 bridgehead atoms. The van der Waals surface area contributed by atoms with Crippen LogP contribution in [0.25, 0.3) is 0 Å². The number of benzene rings is 2. The first-order valence-corrected chi connectivity index (χ1v) is 7.35. The maximum atomic E-state index is 13.2. The van der Waals surface area contributed by atoms with Gasteiger partial charge in [0.05, 0.1) is 6.07 Å². The molecule has 0 radical (unpaired) electrons. The van der Waals surface area contributed by atoms with Crippen LogP contribution in [0, 0.1) is 23.0 Å². The van der Waals surface area contributed by atoms with E-state index >= 15 is 0 Å². The molecule has 0 aliphatic heterocycles. The molecule has 2 aromatic carbocycles. The molecule has 0 heterocycles. The molecule has 0 aliphatic carbocycles. The Hall–Kier alpha value is -1.58. The molecule has 0 aliphatic rings. The van der Waals surface area contributed by atoms with E-state index in [1.54, 1.807) is 24.3 Å². The van der Waals surface area contributed by atoms with Gasteiger partial charge in [-0.05, 0) is 35.9 Å². The maximum Gasteiger partial charge on any atom is 0.184 e. The van der Waals surface area contributed by atoms with Crippen molar-refractivity contribution in [2.24, 2.45) is 0 Å². The van der Waals surface area contributed by atoms with Crippen molar-refractivity contribution in [3.63, 3.8) is 0 Å². The summed E-state index contributed by atoms with van der Waals surface area (Å²) < 4.78 is 27.8. The van der Waals surface area contributed by atoms with E-state index in [1.807, 2.05) is 0 Å². The third-order valence-corrected chi connectivity index (χ3v) is 3.67. The standard InChI is InChI=1S/C15H7Br2F2NO/c16-10-1-9(2-11(17)5-10)15(21)14(7-20)8-3-12(18)6-13(19)4-8/h1-6,14H. The normalized spacial score (nSPS) is 11.8. The maximum absolute atomic E-state index is 13.2. The van der Waals surface area contributed by atoms with Gasteiger partial charge in [-0.3, -0.25) is 4.79 Å². The molecule has 0 N–H and O–H groups in total. The summed E-state index contributed by atoms with van der Waals surface area (Å²) in [6.45, 7) is 0. The fourth-order valence-electron chi connectivity index (χ4n) is 1.89. The summed E-state index contributed by atoms with van der Waals surface area (Å²) in [5.41, 5.74) is 0.267. The fourth-order valence-corrected chi connectivity index (χ4v) is 3.18. The molecule has 2 rings (SSSR count). The van der Waals surface area contributed by atoms with Crippen molar-refractivity contribution in [3.8, 4) is 6.07 Å². The van der Waals surface area contributed by atoms with Crippen molar-refractivity contribution in [3.05, 3.63) is 68.1 Å². The monoisotopic (exact) mass is 413 g/mol. The molecule has 1 atom stereocenters. The zero-order valence-electron chi connectivity index (χ0n) is 10.4. The van der Waals surface area contributed by atoms with Crippen molar-refractivity contribution < 1.29 is 13.6 Å². The van der Waals surface area contributed by atoms with Crippen LogP contribution >= 0.6 is 31.9 Å². The molecule has 2 aromatic rings. The Morgan fingerprint density at radius 1 is 1.00 bits per heavy atom. The molecule has 0 amide bonds. The number of halogens is 4. The van der Waals surface area contributed by atoms with Crippen molar-refractivity contribution >= 4 is 37.6 Å². The van der Waals surface area contributed by atoms with Gasteiger partial charge in [-0.15, -0.1) is 0 Å². The number of ketones is 1. The highest BCUT2D eigenvalue weighted by Gasteiger charge is 2.23. The zero-order chi connectivity index (χ0) is 15.6. The number of carbonyl (C=O) groups is 1. The van der Waals surface area contributed by atoms with E-state index in [2.05, 4.69) is 31.9 Å². The van der Waals surface area contributed by atoms with Gasteiger partial charge < -0.3 is 0 Å². The van der Waals surface area contributed by atoms with E-state index in [-0.39, 0.29) is 11.1 Å². The Morgan fingerprint density at radius 2 is 1.52 bits per heavy atom. The van der Waals surface area contributed by atoms with Crippen molar-refractivity contribution in [1.82, 2.24) is 0 Å². The molecule has 0 spiro atoms. The first-order chi connectivity index (χ1) is 9.90. The molecule has 1 unspecified atom stereocenters. The second kappa shape index (κ2) is 6.46. The van der Waals surface area contributed by atoms with Gasteiger partial charge in [0.25, 0.3) is 0 Å². The summed E-state index contributed by atoms with van der Waals surface area (Å²) in [7, 11) is 0. The predicted octanol–water partition coefficient (Wildman–Crippen LogP) is 4.98. The third kappa shape index (κ3) is 3.74. The first-order valence-electron chi connectivity index (χ1n) is 5.76. The summed E-state index contributed by atoms with van der Waals surface area (Å²) in [5, 5.41) is 9.19. The Bertz CT molecular complexity index is 715. The molecule has 2 nitrogen and oxygen atoms in total. The Labute approximate surface area is 136 Å². The highest BCUT2D eigenvalue weighted by molar-refractivity contribution is 9.11. The van der Waals surface area contributed by atoms with E-state index in [0.717, 1.165) is 12.1 Å². The van der Waals surface area contributed by atoms with Gasteiger partial charge in [0.1, 0.15) is 17.6 Å². The Balaban J connectivity index is 2.46. The molecule has 6 heteroatoms. The predicted molar refractivity (Wildman–Crippen MR) is 80.9 cm³/mol. The third-order valence-electron chi connectivity index (χ3n) is 2.76. The largest absolute Gasteiger partial charge is 0.292 e. The van der Waals surface area contributed by atoms with Gasteiger partial charge in [-0.1, -0.05) is 31.9 Å². The number of hydrogen-bond acceptors (Lipinski definition) is 2. The van der Waals surface area contributed by atoms with Crippen LogP contribution in [-0.2, 0) is 0 Å². The second-order valence-corrected chi connectivity index (χ2v) is 6.12. The second-order valence-electron chi connectivity index (χ2n) is 4.29. The van der Waals surface area contributed by atoms with Gasteiger partial charge >= 0.3 is 0 Å². The average Bonchev–Trinajstić information content (AvgIpc) is 2.37. The van der Waals surface area contributed by atoms with Crippen LogP contribution in [0.1, 0.15) is 21.8 Å². The summed E-state index contributed by atoms with van der Waals surface area (Å²) in [5.74, 6) is -3.44. The van der Waals surface area contributed by atoms with Crippen LogP contribution in [0.5, 0.6) is 0 Å². The lowest BCUT2D eigenvalue weighted by Gasteiger charge is -2.10. The van der Waals surface area contributed by atoms with Crippen molar-refractivity contribution in [2.75, 3.05) is 0 Å². The minimum atomic E-state index is -1.27. The summed E-state index contributed by atoms with van der Waals surface area (Å²) in [4.78, 5) is 12.4. The Morgan fingerprint density at radius 3 is 2.00 bits per heavy atom. The van der Waals surface area contributed by atoms with Crippen LogP contribution in [-0.4, -0.2) is 5.78 Å². The quantitative estimate of drug-likeness (QED) is 0.664. The lowest BCUT2D eigenvalue weighted by Crippen LogP contribution is -2.12. The number of rotatable bonds is 3. The number of carbonyl (C=O) groups excluding carboxylic acids is 1. The van der Waals surface area contributed by atoms with Gasteiger partial charge in [0.2, 0.25) is 0 Å². The summed E-state index contributed by atoms with van der Waals surface area (Å²) in [6, 6.07) is 9.30. The van der Waals surface area contributed by atoms with E-state index in [4.69, 9.17) is 0 Å². The molecule has 21 heavy (non-hydrogen) atoms. The lowest BCUT2D eigenvalue weighted by atomic mass is 9.92. The van der Waals surface area contributed by atoms with Crippen LogP contribution in [0.2, 0.25) is 0 Å². The van der Waals surface area contributed by atoms with Crippen LogP contribution in [0.4, 0.5) is 8.78 Å². The van der Waals surface area contributed by atoms with Crippen LogP contribution in [0.15, 0.2) is 45.3 Å². The fraction of sp³-hybridized carbons (Fsp3) is 0.0667. The van der Waals surface area contributed by atoms with Gasteiger partial charge in [0, 0.05) is 20.6 Å². The SMILES string of the molecule is N#CC(C(=O)c1cc(Br)cc(Br)c1)c1cc(F)cc(F)c1. The molecule has 0 saturated heterocycles. The Kier molecular flexibility index (Phi) is 4.86. The van der Waals surface area contributed by atoms with E-state index in [1.165, 1.54) is 0 Å². The minimum Gasteiger partial charge on any atom is -0.292 e. The van der Waals surface area contributed by atoms with Crippen molar-refractivity contribution in [1.29, 1.82) is 5.26 Å². The van der Waals surface area contributed by atoms with Crippen LogP contribution in [0.3, 0.4) is 0 Å². The smallest absolute Gasteiger partial charge is 0.184 e. The van der Waals surface area contributed by atoms with E-state index < -0.39 is 23.3 Å². The number of Topliss-reactive ketones (excluding diaryl/α,β-unsaturated/α-hetero) is 1. The molecule has 0 fully saturated rings. The zero-order valence-corrected chi connectivity index (χ0v) is 13.6. The highest BCUT2D eigenvalue weighted by Crippen LogP contribution is 2.26. The van der Waals surface area contributed by atoms with E-state index in [0.29, 0.717) is 15.0 Å². The number of hydrogen-bond donors (Lipinski definition) is 0. The minimum absolute atomic E-state index is 0.00361. The topological polar surface area (TPSA) is 40.9 Å². The molecule has 0 aromatic heterocycles. The lowest BCUT2D eigenvalue weighted by molar-refractivity contribution is 0.0978. The van der Waals surface area contributed by atoms with Gasteiger partial charge in [-0.2, -0.15) is 5.26 Å². The molecular formula is C15H7Br2F2NO. The number of nitriles is 1. The summed E-state index contributed by atoms with van der Waals surface area (Å²) >= 11 is 6.49. The average molecular weight is 415 g/mol.